The van der Waals surface area contributed by atoms with Gasteiger partial charge in [0.2, 0.25) is 0 Å². The molecule has 2 aromatic rings. The summed E-state index contributed by atoms with van der Waals surface area (Å²) in [7, 11) is 1.40. The molecule has 3 rings (SSSR count). The Morgan fingerprint density at radius 3 is 2.91 bits per heavy atom. The number of halogens is 1. The van der Waals surface area contributed by atoms with Crippen molar-refractivity contribution in [3.05, 3.63) is 61.7 Å². The van der Waals surface area contributed by atoms with E-state index in [4.69, 9.17) is 0 Å². The van der Waals surface area contributed by atoms with E-state index in [1.165, 1.54) is 13.1 Å². The van der Waals surface area contributed by atoms with E-state index in [0.717, 1.165) is 16.3 Å². The number of H-pyrrole nitrogens is 1. The van der Waals surface area contributed by atoms with E-state index in [-0.39, 0.29) is 11.3 Å². The van der Waals surface area contributed by atoms with E-state index in [2.05, 4.69) is 10.6 Å². The number of aromatic amines is 1. The zero-order chi connectivity index (χ0) is 16.6. The van der Waals surface area contributed by atoms with Gasteiger partial charge in [-0.15, -0.1) is 0 Å². The largest absolute Gasteiger partial charge is 0.328 e. The molecule has 0 radical (unpaired) electrons. The first-order valence-electron chi connectivity index (χ1n) is 7.09. The van der Waals surface area contributed by atoms with Gasteiger partial charge < -0.3 is 15.2 Å². The number of anilines is 1. The Balaban J connectivity index is 1.94. The molecule has 1 amide bonds. The summed E-state index contributed by atoms with van der Waals surface area (Å²) in [5.41, 5.74) is -0.260. The third-order valence-electron chi connectivity index (χ3n) is 3.81. The second-order valence-corrected chi connectivity index (χ2v) is 5.36. The number of nitrogens with zero attached hydrogens (tertiary/aromatic N) is 1. The van der Waals surface area contributed by atoms with Gasteiger partial charge in [-0.25, -0.2) is 9.18 Å². The van der Waals surface area contributed by atoms with Gasteiger partial charge in [-0.2, -0.15) is 0 Å². The first-order chi connectivity index (χ1) is 11.0. The number of rotatable bonds is 2. The standard InChI is InChI=1S/C15H15FN4O3/c1-20-7-10(14(22)19-15(20)23)13(21)18-11-3-2-8-6-17-5-4-9(8)12(11)16/h2-3,7,17H,4-6H2,1H3,(H,18,21)(H,19,22,23). The van der Waals surface area contributed by atoms with Crippen molar-refractivity contribution in [1.82, 2.24) is 14.9 Å². The summed E-state index contributed by atoms with van der Waals surface area (Å²) in [5, 5.41) is 5.54. The molecule has 1 aliphatic rings. The summed E-state index contributed by atoms with van der Waals surface area (Å²) in [6.45, 7) is 1.25. The number of hydrogen-bond donors (Lipinski definition) is 3. The minimum atomic E-state index is -0.812. The van der Waals surface area contributed by atoms with Crippen LogP contribution in [0.5, 0.6) is 0 Å². The number of carbonyl (C=O) groups excluding carboxylic acids is 1. The number of hydrogen-bond acceptors (Lipinski definition) is 4. The smallest absolute Gasteiger partial charge is 0.319 e. The van der Waals surface area contributed by atoms with Crippen LogP contribution in [0.2, 0.25) is 0 Å². The second-order valence-electron chi connectivity index (χ2n) is 5.36. The Labute approximate surface area is 130 Å². The van der Waals surface area contributed by atoms with E-state index >= 15 is 0 Å². The highest BCUT2D eigenvalue weighted by Crippen LogP contribution is 2.24. The summed E-state index contributed by atoms with van der Waals surface area (Å²) >= 11 is 0. The van der Waals surface area contributed by atoms with Crippen LogP contribution in [0.1, 0.15) is 21.5 Å². The van der Waals surface area contributed by atoms with Crippen molar-refractivity contribution < 1.29 is 9.18 Å². The Hall–Kier alpha value is -2.74. The molecule has 0 unspecified atom stereocenters. The van der Waals surface area contributed by atoms with E-state index in [9.17, 15) is 18.8 Å². The highest BCUT2D eigenvalue weighted by Gasteiger charge is 2.19. The molecule has 0 saturated heterocycles. The SMILES string of the molecule is Cn1cc(C(=O)Nc2ccc3c(c2F)CCNC3)c(=O)[nH]c1=O. The monoisotopic (exact) mass is 318 g/mol. The summed E-state index contributed by atoms with van der Waals surface area (Å²) in [4.78, 5) is 37.2. The molecule has 0 bridgehead atoms. The van der Waals surface area contributed by atoms with Gasteiger partial charge in [-0.3, -0.25) is 14.6 Å². The zero-order valence-electron chi connectivity index (χ0n) is 12.4. The maximum Gasteiger partial charge on any atom is 0.328 e. The molecule has 120 valence electrons. The summed E-state index contributed by atoms with van der Waals surface area (Å²) in [5.74, 6) is -1.26. The summed E-state index contributed by atoms with van der Waals surface area (Å²) in [6.07, 6.45) is 1.65. The molecule has 1 aromatic carbocycles. The van der Waals surface area contributed by atoms with Crippen molar-refractivity contribution in [1.29, 1.82) is 0 Å². The van der Waals surface area contributed by atoms with E-state index in [0.29, 0.717) is 25.1 Å². The molecule has 1 aliphatic heterocycles. The van der Waals surface area contributed by atoms with Gasteiger partial charge in [0, 0.05) is 19.8 Å². The number of carbonyl (C=O) groups is 1. The minimum Gasteiger partial charge on any atom is -0.319 e. The topological polar surface area (TPSA) is 96.0 Å². The van der Waals surface area contributed by atoms with E-state index in [1.807, 2.05) is 4.98 Å². The number of amides is 1. The Kier molecular flexibility index (Phi) is 3.83. The molecule has 23 heavy (non-hydrogen) atoms. The molecule has 2 heterocycles. The van der Waals surface area contributed by atoms with Gasteiger partial charge >= 0.3 is 5.69 Å². The fourth-order valence-electron chi connectivity index (χ4n) is 2.55. The van der Waals surface area contributed by atoms with Gasteiger partial charge in [-0.05, 0) is 30.2 Å². The molecule has 0 spiro atoms. The number of aryl methyl sites for hydroxylation is 1. The number of fused-ring (bicyclic) bond motifs is 1. The quantitative estimate of drug-likeness (QED) is 0.732. The first-order valence-corrected chi connectivity index (χ1v) is 7.09. The van der Waals surface area contributed by atoms with Crippen molar-refractivity contribution in [3.63, 3.8) is 0 Å². The highest BCUT2D eigenvalue weighted by molar-refractivity contribution is 6.03. The first kappa shape index (κ1) is 15.2. The second kappa shape index (κ2) is 5.81. The minimum absolute atomic E-state index is 0.0175. The maximum absolute atomic E-state index is 14.5. The number of aromatic nitrogens is 2. The fourth-order valence-corrected chi connectivity index (χ4v) is 2.55. The predicted octanol–water partition coefficient (Wildman–Crippen LogP) is 0.111. The summed E-state index contributed by atoms with van der Waals surface area (Å²) in [6, 6.07) is 3.21. The molecule has 3 N–H and O–H groups in total. The van der Waals surface area contributed by atoms with Crippen LogP contribution in [0.15, 0.2) is 27.9 Å². The lowest BCUT2D eigenvalue weighted by Crippen LogP contribution is -2.33. The zero-order valence-corrected chi connectivity index (χ0v) is 12.4. The average Bonchev–Trinajstić information content (AvgIpc) is 2.53. The van der Waals surface area contributed by atoms with Crippen molar-refractivity contribution in [3.8, 4) is 0 Å². The van der Waals surface area contributed by atoms with E-state index in [1.54, 1.807) is 6.07 Å². The summed E-state index contributed by atoms with van der Waals surface area (Å²) < 4.78 is 15.6. The van der Waals surface area contributed by atoms with E-state index < -0.39 is 23.0 Å². The molecule has 0 fully saturated rings. The van der Waals surface area contributed by atoms with Crippen LogP contribution < -0.4 is 21.9 Å². The van der Waals surface area contributed by atoms with Gasteiger partial charge in [0.25, 0.3) is 11.5 Å². The van der Waals surface area contributed by atoms with Crippen molar-refractivity contribution in [2.45, 2.75) is 13.0 Å². The highest BCUT2D eigenvalue weighted by atomic mass is 19.1. The molecule has 1 aromatic heterocycles. The van der Waals surface area contributed by atoms with Crippen LogP contribution in [0.4, 0.5) is 10.1 Å². The Bertz CT molecular complexity index is 901. The third-order valence-corrected chi connectivity index (χ3v) is 3.81. The molecule has 0 aliphatic carbocycles. The molecular formula is C15H15FN4O3. The van der Waals surface area contributed by atoms with Crippen LogP contribution in [0.3, 0.4) is 0 Å². The number of benzene rings is 1. The maximum atomic E-state index is 14.5. The Morgan fingerprint density at radius 1 is 1.35 bits per heavy atom. The van der Waals surface area contributed by atoms with Crippen LogP contribution in [-0.4, -0.2) is 22.0 Å². The molecule has 0 saturated carbocycles. The third kappa shape index (κ3) is 2.80. The molecular weight excluding hydrogens is 303 g/mol. The number of nitrogens with one attached hydrogen (secondary N) is 3. The lowest BCUT2D eigenvalue weighted by molar-refractivity contribution is 0.102. The van der Waals surface area contributed by atoms with Crippen LogP contribution in [-0.2, 0) is 20.0 Å². The van der Waals surface area contributed by atoms with Crippen molar-refractivity contribution in [2.24, 2.45) is 7.05 Å². The molecule has 0 atom stereocenters. The van der Waals surface area contributed by atoms with Crippen LogP contribution in [0.25, 0.3) is 0 Å². The fraction of sp³-hybridized carbons (Fsp3) is 0.267. The van der Waals surface area contributed by atoms with Gasteiger partial charge in [0.1, 0.15) is 11.4 Å². The van der Waals surface area contributed by atoms with Gasteiger partial charge in [-0.1, -0.05) is 6.07 Å². The Morgan fingerprint density at radius 2 is 2.13 bits per heavy atom. The van der Waals surface area contributed by atoms with Crippen molar-refractivity contribution in [2.75, 3.05) is 11.9 Å². The van der Waals surface area contributed by atoms with Gasteiger partial charge in [0.05, 0.1) is 5.69 Å². The van der Waals surface area contributed by atoms with Crippen LogP contribution in [0, 0.1) is 5.82 Å². The predicted molar refractivity (Wildman–Crippen MR) is 82.1 cm³/mol. The lowest BCUT2D eigenvalue weighted by Gasteiger charge is -2.19. The normalized spacial score (nSPS) is 13.5. The van der Waals surface area contributed by atoms with Gasteiger partial charge in [0.15, 0.2) is 0 Å². The molecule has 8 heteroatoms. The molecule has 7 nitrogen and oxygen atoms in total. The average molecular weight is 318 g/mol. The lowest BCUT2D eigenvalue weighted by atomic mass is 9.99. The van der Waals surface area contributed by atoms with Crippen LogP contribution >= 0.6 is 0 Å². The van der Waals surface area contributed by atoms with Crippen molar-refractivity contribution >= 4 is 11.6 Å².